The molecule has 0 aliphatic carbocycles. The third kappa shape index (κ3) is 10.1. The van der Waals surface area contributed by atoms with Crippen LogP contribution in [0.2, 0.25) is 0 Å². The highest BCUT2D eigenvalue weighted by Crippen LogP contribution is 2.19. The number of ether oxygens (including phenoxy) is 2. The standard InChI is InChI=1S/C21H43N5O2.HI/c1-4-19(5-2)20(26-12-16-28-17-13-26)18-24-21(22-3)23-8-6-7-9-25-10-14-27-15-11-25;/h19-20H,4-18H2,1-3H3,(H2,22,23,24);1H. The largest absolute Gasteiger partial charge is 0.379 e. The van der Waals surface area contributed by atoms with E-state index in [1.54, 1.807) is 0 Å². The van der Waals surface area contributed by atoms with Gasteiger partial charge < -0.3 is 20.1 Å². The summed E-state index contributed by atoms with van der Waals surface area (Å²) in [5.74, 6) is 1.63. The Labute approximate surface area is 195 Å². The Balaban J connectivity index is 0.00000420. The molecule has 7 nitrogen and oxygen atoms in total. The second-order valence-corrected chi connectivity index (χ2v) is 7.83. The lowest BCUT2D eigenvalue weighted by Gasteiger charge is -2.39. The fourth-order valence-electron chi connectivity index (χ4n) is 4.25. The average Bonchev–Trinajstić information content (AvgIpc) is 2.76. The summed E-state index contributed by atoms with van der Waals surface area (Å²) in [5, 5.41) is 7.08. The van der Waals surface area contributed by atoms with Crippen LogP contribution in [0.1, 0.15) is 39.5 Å². The first-order chi connectivity index (χ1) is 13.8. The number of rotatable bonds is 11. The topological polar surface area (TPSA) is 61.4 Å². The van der Waals surface area contributed by atoms with Gasteiger partial charge in [-0.1, -0.05) is 26.7 Å². The number of morpholine rings is 2. The van der Waals surface area contributed by atoms with Gasteiger partial charge in [0.2, 0.25) is 0 Å². The molecule has 2 N–H and O–H groups in total. The molecule has 0 radical (unpaired) electrons. The average molecular weight is 526 g/mol. The highest BCUT2D eigenvalue weighted by Gasteiger charge is 2.26. The Morgan fingerprint density at radius 1 is 0.931 bits per heavy atom. The van der Waals surface area contributed by atoms with Crippen molar-refractivity contribution in [3.8, 4) is 0 Å². The summed E-state index contributed by atoms with van der Waals surface area (Å²) in [4.78, 5) is 9.53. The Kier molecular flexibility index (Phi) is 15.3. The number of nitrogens with one attached hydrogen (secondary N) is 2. The summed E-state index contributed by atoms with van der Waals surface area (Å²) >= 11 is 0. The lowest BCUT2D eigenvalue weighted by atomic mass is 9.92. The molecule has 29 heavy (non-hydrogen) atoms. The molecule has 0 saturated carbocycles. The quantitative estimate of drug-likeness (QED) is 0.186. The predicted molar refractivity (Wildman–Crippen MR) is 132 cm³/mol. The summed E-state index contributed by atoms with van der Waals surface area (Å²) in [6.07, 6.45) is 4.81. The van der Waals surface area contributed by atoms with Gasteiger partial charge >= 0.3 is 0 Å². The second kappa shape index (κ2) is 16.5. The van der Waals surface area contributed by atoms with E-state index in [0.29, 0.717) is 12.0 Å². The van der Waals surface area contributed by atoms with Crippen molar-refractivity contribution < 1.29 is 9.47 Å². The summed E-state index contributed by atoms with van der Waals surface area (Å²) in [6, 6.07) is 0.541. The molecule has 2 saturated heterocycles. The Morgan fingerprint density at radius 3 is 2.14 bits per heavy atom. The number of hydrogen-bond acceptors (Lipinski definition) is 5. The molecule has 0 bridgehead atoms. The molecule has 1 unspecified atom stereocenters. The molecule has 0 aromatic heterocycles. The molecule has 1 atom stereocenters. The van der Waals surface area contributed by atoms with Crippen molar-refractivity contribution >= 4 is 29.9 Å². The van der Waals surface area contributed by atoms with Gasteiger partial charge in [-0.3, -0.25) is 14.8 Å². The lowest BCUT2D eigenvalue weighted by molar-refractivity contribution is 0.00272. The van der Waals surface area contributed by atoms with Gasteiger partial charge in [-0.15, -0.1) is 24.0 Å². The van der Waals surface area contributed by atoms with Gasteiger partial charge in [0.15, 0.2) is 5.96 Å². The Morgan fingerprint density at radius 2 is 1.55 bits per heavy atom. The molecule has 2 aliphatic rings. The van der Waals surface area contributed by atoms with Crippen LogP contribution in [0.5, 0.6) is 0 Å². The number of hydrogen-bond donors (Lipinski definition) is 2. The van der Waals surface area contributed by atoms with Crippen LogP contribution in [0, 0.1) is 5.92 Å². The van der Waals surface area contributed by atoms with Crippen molar-refractivity contribution in [1.29, 1.82) is 0 Å². The molecule has 0 amide bonds. The zero-order valence-electron chi connectivity index (χ0n) is 18.8. The molecule has 8 heteroatoms. The summed E-state index contributed by atoms with van der Waals surface area (Å²) in [5.41, 5.74) is 0. The van der Waals surface area contributed by atoms with E-state index in [2.05, 4.69) is 39.3 Å². The normalized spacial score (nSPS) is 20.3. The van der Waals surface area contributed by atoms with Crippen LogP contribution in [0.25, 0.3) is 0 Å². The minimum absolute atomic E-state index is 0. The van der Waals surface area contributed by atoms with E-state index in [4.69, 9.17) is 9.47 Å². The SMILES string of the molecule is CCC(CC)C(CNC(=NC)NCCCCN1CCOCC1)N1CCOCC1.I. The lowest BCUT2D eigenvalue weighted by Crippen LogP contribution is -2.53. The fraction of sp³-hybridized carbons (Fsp3) is 0.952. The van der Waals surface area contributed by atoms with Gasteiger partial charge in [-0.2, -0.15) is 0 Å². The van der Waals surface area contributed by atoms with Gasteiger partial charge in [0.25, 0.3) is 0 Å². The van der Waals surface area contributed by atoms with Crippen LogP contribution in [0.15, 0.2) is 4.99 Å². The highest BCUT2D eigenvalue weighted by molar-refractivity contribution is 14.0. The highest BCUT2D eigenvalue weighted by atomic mass is 127. The maximum absolute atomic E-state index is 5.55. The maximum atomic E-state index is 5.55. The first-order valence-corrected chi connectivity index (χ1v) is 11.3. The van der Waals surface area contributed by atoms with Crippen LogP contribution in [-0.4, -0.2) is 101 Å². The molecule has 0 aromatic rings. The van der Waals surface area contributed by atoms with Gasteiger partial charge in [0.1, 0.15) is 0 Å². The third-order valence-electron chi connectivity index (χ3n) is 6.11. The second-order valence-electron chi connectivity index (χ2n) is 7.83. The molecular formula is C21H44IN5O2. The van der Waals surface area contributed by atoms with Crippen LogP contribution in [-0.2, 0) is 9.47 Å². The van der Waals surface area contributed by atoms with E-state index in [0.717, 1.165) is 78.1 Å². The zero-order chi connectivity index (χ0) is 20.0. The monoisotopic (exact) mass is 525 g/mol. The van der Waals surface area contributed by atoms with E-state index in [1.165, 1.54) is 25.8 Å². The van der Waals surface area contributed by atoms with Crippen molar-refractivity contribution in [3.05, 3.63) is 0 Å². The maximum Gasteiger partial charge on any atom is 0.191 e. The molecule has 172 valence electrons. The number of guanidine groups is 1. The van der Waals surface area contributed by atoms with Gasteiger partial charge in [0, 0.05) is 52.4 Å². The number of unbranched alkanes of at least 4 members (excludes halogenated alkanes) is 1. The van der Waals surface area contributed by atoms with Gasteiger partial charge in [-0.25, -0.2) is 0 Å². The molecule has 2 rings (SSSR count). The van der Waals surface area contributed by atoms with E-state index >= 15 is 0 Å². The van der Waals surface area contributed by atoms with E-state index in [1.807, 2.05) is 7.05 Å². The van der Waals surface area contributed by atoms with Crippen molar-refractivity contribution in [1.82, 2.24) is 20.4 Å². The number of aliphatic imine (C=N–C) groups is 1. The van der Waals surface area contributed by atoms with E-state index in [9.17, 15) is 0 Å². The zero-order valence-corrected chi connectivity index (χ0v) is 21.2. The van der Waals surface area contributed by atoms with Crippen LogP contribution < -0.4 is 10.6 Å². The summed E-state index contributed by atoms with van der Waals surface area (Å²) in [6.45, 7) is 15.4. The van der Waals surface area contributed by atoms with Crippen LogP contribution >= 0.6 is 24.0 Å². The smallest absolute Gasteiger partial charge is 0.191 e. The Hall–Kier alpha value is -0.160. The molecule has 0 aromatic carbocycles. The molecule has 2 heterocycles. The predicted octanol–water partition coefficient (Wildman–Crippen LogP) is 2.02. The Bertz CT molecular complexity index is 425. The molecular weight excluding hydrogens is 481 g/mol. The van der Waals surface area contributed by atoms with Gasteiger partial charge in [-0.05, 0) is 25.3 Å². The van der Waals surface area contributed by atoms with Crippen molar-refractivity contribution in [2.24, 2.45) is 10.9 Å². The summed E-state index contributed by atoms with van der Waals surface area (Å²) < 4.78 is 11.0. The van der Waals surface area contributed by atoms with Crippen molar-refractivity contribution in [3.63, 3.8) is 0 Å². The van der Waals surface area contributed by atoms with Gasteiger partial charge in [0.05, 0.1) is 26.4 Å². The minimum Gasteiger partial charge on any atom is -0.379 e. The molecule has 2 aliphatic heterocycles. The third-order valence-corrected chi connectivity index (χ3v) is 6.11. The first kappa shape index (κ1) is 26.9. The van der Waals surface area contributed by atoms with Crippen LogP contribution in [0.3, 0.4) is 0 Å². The fourth-order valence-corrected chi connectivity index (χ4v) is 4.25. The first-order valence-electron chi connectivity index (χ1n) is 11.3. The van der Waals surface area contributed by atoms with Crippen molar-refractivity contribution in [2.75, 3.05) is 79.3 Å². The molecule has 0 spiro atoms. The minimum atomic E-state index is 0. The summed E-state index contributed by atoms with van der Waals surface area (Å²) in [7, 11) is 1.87. The van der Waals surface area contributed by atoms with Crippen molar-refractivity contribution in [2.45, 2.75) is 45.6 Å². The van der Waals surface area contributed by atoms with E-state index in [-0.39, 0.29) is 24.0 Å². The molecule has 2 fully saturated rings. The van der Waals surface area contributed by atoms with E-state index < -0.39 is 0 Å². The number of nitrogens with zero attached hydrogens (tertiary/aromatic N) is 3. The number of halogens is 1. The van der Waals surface area contributed by atoms with Crippen LogP contribution in [0.4, 0.5) is 0 Å².